The number of piperidine rings is 1. The third-order valence-corrected chi connectivity index (χ3v) is 8.74. The molecule has 5 rings (SSSR count). The number of β-amino-alcohol motifs (C(OH)–C–C–N with tert-alkyl or cyclic N) is 1. The fourth-order valence-corrected chi connectivity index (χ4v) is 6.33. The topological polar surface area (TPSA) is 66.2 Å². The van der Waals surface area contributed by atoms with Gasteiger partial charge in [-0.05, 0) is 87.7 Å². The van der Waals surface area contributed by atoms with Gasteiger partial charge in [-0.2, -0.15) is 0 Å². The highest BCUT2D eigenvalue weighted by atomic mass is 16.5. The first-order chi connectivity index (χ1) is 16.8. The fraction of sp³-hybridized carbons (Fsp3) is 0.552. The summed E-state index contributed by atoms with van der Waals surface area (Å²) in [5.74, 6) is 2.39. The van der Waals surface area contributed by atoms with E-state index in [1.807, 2.05) is 43.1 Å². The summed E-state index contributed by atoms with van der Waals surface area (Å²) in [5, 5.41) is 12.2. The molecule has 1 aromatic carbocycles. The van der Waals surface area contributed by atoms with Crippen LogP contribution in [-0.2, 0) is 10.2 Å². The van der Waals surface area contributed by atoms with Gasteiger partial charge in [0.2, 0.25) is 5.91 Å². The number of nitrogens with zero attached hydrogens (tertiary/aromatic N) is 2. The Morgan fingerprint density at radius 3 is 2.83 bits per heavy atom. The Morgan fingerprint density at radius 1 is 1.29 bits per heavy atom. The van der Waals surface area contributed by atoms with E-state index >= 15 is 0 Å². The van der Waals surface area contributed by atoms with Crippen LogP contribution in [0.15, 0.2) is 47.1 Å². The first-order valence-corrected chi connectivity index (χ1v) is 12.9. The maximum absolute atomic E-state index is 13.1. The van der Waals surface area contributed by atoms with Crippen molar-refractivity contribution in [1.29, 1.82) is 0 Å². The standard InChI is InChI=1S/C29H38N2O4/c1-21-23(12-16-35-21)9-10-27(32)30(2)25-11-13-29(33)20-31(19-22-7-8-22)15-14-28(29,18-25)24-5-4-6-26(17-24)34-3/h4-6,9-10,12,16-17,22,25,33H,7-8,11,13-15,18-20H2,1-3H3/b10-9+/t25-,28+,29+/m1/s1. The quantitative estimate of drug-likeness (QED) is 0.598. The molecule has 35 heavy (non-hydrogen) atoms. The third-order valence-electron chi connectivity index (χ3n) is 8.74. The minimum Gasteiger partial charge on any atom is -0.497 e. The lowest BCUT2D eigenvalue weighted by Gasteiger charge is -2.59. The summed E-state index contributed by atoms with van der Waals surface area (Å²) in [6, 6.07) is 10.1. The van der Waals surface area contributed by atoms with Crippen molar-refractivity contribution in [3.63, 3.8) is 0 Å². The zero-order valence-electron chi connectivity index (χ0n) is 21.2. The second-order valence-electron chi connectivity index (χ2n) is 10.9. The van der Waals surface area contributed by atoms with Gasteiger partial charge >= 0.3 is 0 Å². The zero-order chi connectivity index (χ0) is 24.6. The van der Waals surface area contributed by atoms with Crippen molar-refractivity contribution in [3.8, 4) is 5.75 Å². The number of likely N-dealkylation sites (tertiary alicyclic amines) is 1. The molecule has 2 aromatic rings. The number of carbonyl (C=O) groups is 1. The molecule has 2 heterocycles. The lowest BCUT2D eigenvalue weighted by Crippen LogP contribution is -2.67. The average Bonchev–Trinajstić information content (AvgIpc) is 3.59. The number of fused-ring (bicyclic) bond motifs is 1. The first-order valence-electron chi connectivity index (χ1n) is 12.9. The molecule has 3 fully saturated rings. The van der Waals surface area contributed by atoms with Crippen molar-refractivity contribution < 1.29 is 19.1 Å². The normalized spacial score (nSPS) is 29.2. The number of hydrogen-bond acceptors (Lipinski definition) is 5. The van der Waals surface area contributed by atoms with E-state index in [4.69, 9.17) is 9.15 Å². The van der Waals surface area contributed by atoms with Gasteiger partial charge in [0, 0.05) is 43.2 Å². The molecule has 1 saturated heterocycles. The molecule has 0 radical (unpaired) electrons. The summed E-state index contributed by atoms with van der Waals surface area (Å²) in [7, 11) is 3.58. The Hall–Kier alpha value is -2.57. The van der Waals surface area contributed by atoms with Crippen LogP contribution < -0.4 is 4.74 Å². The Kier molecular flexibility index (Phi) is 6.53. The molecular formula is C29H38N2O4. The van der Waals surface area contributed by atoms with E-state index < -0.39 is 11.0 Å². The van der Waals surface area contributed by atoms with E-state index in [-0.39, 0.29) is 11.9 Å². The van der Waals surface area contributed by atoms with Crippen LogP contribution in [0.25, 0.3) is 6.08 Å². The smallest absolute Gasteiger partial charge is 0.246 e. The summed E-state index contributed by atoms with van der Waals surface area (Å²) < 4.78 is 10.9. The van der Waals surface area contributed by atoms with Crippen LogP contribution >= 0.6 is 0 Å². The number of amides is 1. The summed E-state index contributed by atoms with van der Waals surface area (Å²) in [6.45, 7) is 4.66. The molecule has 2 saturated carbocycles. The average molecular weight is 479 g/mol. The fourth-order valence-electron chi connectivity index (χ4n) is 6.33. The molecule has 3 atom stereocenters. The van der Waals surface area contributed by atoms with Crippen molar-refractivity contribution in [2.24, 2.45) is 5.92 Å². The van der Waals surface area contributed by atoms with Crippen LogP contribution in [0.5, 0.6) is 5.75 Å². The number of furan rings is 1. The van der Waals surface area contributed by atoms with Gasteiger partial charge in [-0.1, -0.05) is 12.1 Å². The first kappa shape index (κ1) is 24.1. The highest BCUT2D eigenvalue weighted by Gasteiger charge is 2.58. The lowest BCUT2D eigenvalue weighted by molar-refractivity contribution is -0.144. The van der Waals surface area contributed by atoms with Crippen molar-refractivity contribution in [1.82, 2.24) is 9.80 Å². The Morgan fingerprint density at radius 2 is 2.11 bits per heavy atom. The molecule has 0 unspecified atom stereocenters. The number of carbonyl (C=O) groups excluding carboxylic acids is 1. The van der Waals surface area contributed by atoms with Crippen molar-refractivity contribution in [2.45, 2.75) is 62.5 Å². The lowest BCUT2D eigenvalue weighted by atomic mass is 9.55. The minimum absolute atomic E-state index is 0.0204. The van der Waals surface area contributed by atoms with Gasteiger partial charge in [-0.25, -0.2) is 0 Å². The second-order valence-corrected chi connectivity index (χ2v) is 10.9. The number of methoxy groups -OCH3 is 1. The Bertz CT molecular complexity index is 1090. The summed E-state index contributed by atoms with van der Waals surface area (Å²) in [5.41, 5.74) is 0.807. The molecule has 0 bridgehead atoms. The van der Waals surface area contributed by atoms with Gasteiger partial charge in [-0.3, -0.25) is 4.79 Å². The number of aryl methyl sites for hydroxylation is 1. The molecule has 3 aliphatic rings. The molecule has 0 spiro atoms. The van der Waals surface area contributed by atoms with Gasteiger partial charge in [0.25, 0.3) is 0 Å². The van der Waals surface area contributed by atoms with Crippen LogP contribution in [0, 0.1) is 12.8 Å². The second kappa shape index (κ2) is 9.47. The maximum Gasteiger partial charge on any atom is 0.246 e. The molecule has 1 amide bonds. The van der Waals surface area contributed by atoms with Gasteiger partial charge < -0.3 is 24.1 Å². The van der Waals surface area contributed by atoms with Crippen molar-refractivity contribution in [2.75, 3.05) is 33.8 Å². The zero-order valence-corrected chi connectivity index (χ0v) is 21.2. The van der Waals surface area contributed by atoms with Crippen LogP contribution in [0.1, 0.15) is 55.4 Å². The predicted octanol–water partition coefficient (Wildman–Crippen LogP) is 4.41. The van der Waals surface area contributed by atoms with Crippen molar-refractivity contribution >= 4 is 12.0 Å². The van der Waals surface area contributed by atoms with E-state index in [0.717, 1.165) is 60.9 Å². The highest BCUT2D eigenvalue weighted by molar-refractivity contribution is 5.92. The van der Waals surface area contributed by atoms with Crippen LogP contribution in [0.2, 0.25) is 0 Å². The molecule has 1 aromatic heterocycles. The van der Waals surface area contributed by atoms with Crippen LogP contribution in [0.3, 0.4) is 0 Å². The predicted molar refractivity (Wildman–Crippen MR) is 136 cm³/mol. The van der Waals surface area contributed by atoms with E-state index in [1.54, 1.807) is 19.4 Å². The van der Waals surface area contributed by atoms with Gasteiger partial charge in [0.05, 0.1) is 19.0 Å². The number of rotatable bonds is 7. The summed E-state index contributed by atoms with van der Waals surface area (Å²) in [4.78, 5) is 17.5. The number of hydrogen-bond donors (Lipinski definition) is 1. The van der Waals surface area contributed by atoms with Gasteiger partial charge in [-0.15, -0.1) is 0 Å². The van der Waals surface area contributed by atoms with Gasteiger partial charge in [0.15, 0.2) is 0 Å². The molecule has 1 aliphatic heterocycles. The van der Waals surface area contributed by atoms with E-state index in [9.17, 15) is 9.90 Å². The summed E-state index contributed by atoms with van der Waals surface area (Å²) >= 11 is 0. The Balaban J connectivity index is 1.41. The molecule has 6 nitrogen and oxygen atoms in total. The van der Waals surface area contributed by atoms with Gasteiger partial charge in [0.1, 0.15) is 11.5 Å². The van der Waals surface area contributed by atoms with Crippen LogP contribution in [0.4, 0.5) is 0 Å². The van der Waals surface area contributed by atoms with E-state index in [1.165, 1.54) is 12.8 Å². The van der Waals surface area contributed by atoms with Crippen molar-refractivity contribution in [3.05, 3.63) is 59.6 Å². The number of aliphatic hydroxyl groups is 1. The number of benzene rings is 1. The SMILES string of the molecule is COc1cccc([C@@]23CCN(CC4CC4)C[C@@]2(O)CC[C@@H](N(C)C(=O)/C=C/c2ccoc2C)C3)c1. The molecule has 1 N–H and O–H groups in total. The third kappa shape index (κ3) is 4.66. The van der Waals surface area contributed by atoms with Crippen LogP contribution in [-0.4, -0.2) is 66.2 Å². The minimum atomic E-state index is -0.823. The monoisotopic (exact) mass is 478 g/mol. The maximum atomic E-state index is 13.1. The summed E-state index contributed by atoms with van der Waals surface area (Å²) in [6.07, 6.45) is 10.8. The largest absolute Gasteiger partial charge is 0.497 e. The highest BCUT2D eigenvalue weighted by Crippen LogP contribution is 2.53. The number of likely N-dealkylation sites (N-methyl/N-ethyl adjacent to an activating group) is 1. The Labute approximate surface area is 208 Å². The number of ether oxygens (including phenoxy) is 1. The molecule has 188 valence electrons. The molecular weight excluding hydrogens is 440 g/mol. The molecule has 6 heteroatoms. The van der Waals surface area contributed by atoms with E-state index in [2.05, 4.69) is 17.0 Å². The molecule has 2 aliphatic carbocycles. The van der Waals surface area contributed by atoms with E-state index in [0.29, 0.717) is 13.0 Å².